The van der Waals surface area contributed by atoms with E-state index in [-0.39, 0.29) is 17.3 Å². The first-order valence-corrected chi connectivity index (χ1v) is 7.40. The van der Waals surface area contributed by atoms with Crippen molar-refractivity contribution < 1.29 is 14.7 Å². The number of nitrogens with zero attached hydrogens (tertiary/aromatic N) is 2. The van der Waals surface area contributed by atoms with Crippen LogP contribution in [-0.2, 0) is 10.2 Å². The first-order chi connectivity index (χ1) is 11.6. The second-order valence-electron chi connectivity index (χ2n) is 5.44. The van der Waals surface area contributed by atoms with Crippen LogP contribution in [0.3, 0.4) is 0 Å². The Morgan fingerprint density at radius 1 is 1.25 bits per heavy atom. The number of H-pyrrole nitrogens is 1. The van der Waals surface area contributed by atoms with Crippen molar-refractivity contribution in [1.82, 2.24) is 20.7 Å². The molecule has 1 aliphatic carbocycles. The summed E-state index contributed by atoms with van der Waals surface area (Å²) in [5.41, 5.74) is 0.649. The lowest BCUT2D eigenvalue weighted by Gasteiger charge is -2.29. The lowest BCUT2D eigenvalue weighted by Crippen LogP contribution is -2.43. The first kappa shape index (κ1) is 15.7. The predicted molar refractivity (Wildman–Crippen MR) is 87.3 cm³/mol. The van der Waals surface area contributed by atoms with E-state index in [1.807, 2.05) is 42.5 Å². The van der Waals surface area contributed by atoms with Crippen molar-refractivity contribution in [2.24, 2.45) is 0 Å². The highest BCUT2D eigenvalue weighted by Gasteiger charge is 2.43. The van der Waals surface area contributed by atoms with Crippen LogP contribution in [0.2, 0.25) is 0 Å². The zero-order valence-electron chi connectivity index (χ0n) is 13.0. The molecule has 3 rings (SSSR count). The van der Waals surface area contributed by atoms with Gasteiger partial charge in [-0.25, -0.2) is 4.79 Å². The van der Waals surface area contributed by atoms with E-state index in [1.54, 1.807) is 6.08 Å². The smallest absolute Gasteiger partial charge is 0.358 e. The number of hydrogen-bond acceptors (Lipinski definition) is 4. The molecule has 1 unspecified atom stereocenters. The average Bonchev–Trinajstić information content (AvgIpc) is 3.12. The molecule has 0 saturated heterocycles. The van der Waals surface area contributed by atoms with Gasteiger partial charge in [0, 0.05) is 7.05 Å². The van der Waals surface area contributed by atoms with E-state index >= 15 is 0 Å². The number of aromatic nitrogens is 3. The summed E-state index contributed by atoms with van der Waals surface area (Å²) >= 11 is 0. The van der Waals surface area contributed by atoms with Gasteiger partial charge in [0.05, 0.1) is 0 Å². The molecule has 0 bridgehead atoms. The van der Waals surface area contributed by atoms with E-state index in [0.29, 0.717) is 6.42 Å². The predicted octanol–water partition coefficient (Wildman–Crippen LogP) is 1.53. The van der Waals surface area contributed by atoms with Gasteiger partial charge in [-0.3, -0.25) is 4.79 Å². The summed E-state index contributed by atoms with van der Waals surface area (Å²) in [6.07, 6.45) is 5.71. The van der Waals surface area contributed by atoms with Crippen molar-refractivity contribution in [3.8, 4) is 0 Å². The third-order valence-corrected chi connectivity index (χ3v) is 4.10. The Kier molecular flexibility index (Phi) is 3.99. The molecule has 0 saturated carbocycles. The Bertz CT molecular complexity index is 839. The summed E-state index contributed by atoms with van der Waals surface area (Å²) in [5, 5.41) is 21.8. The van der Waals surface area contributed by atoms with Gasteiger partial charge in [0.1, 0.15) is 11.1 Å². The topological polar surface area (TPSA) is 108 Å². The van der Waals surface area contributed by atoms with E-state index in [2.05, 4.69) is 20.7 Å². The second kappa shape index (κ2) is 6.11. The van der Waals surface area contributed by atoms with Crippen molar-refractivity contribution in [2.75, 3.05) is 7.05 Å². The number of rotatable bonds is 4. The fourth-order valence-electron chi connectivity index (χ4n) is 2.85. The number of carbonyl (C=O) groups excluding carboxylic acids is 1. The number of amides is 1. The van der Waals surface area contributed by atoms with Crippen LogP contribution in [0.4, 0.5) is 0 Å². The summed E-state index contributed by atoms with van der Waals surface area (Å²) in [6, 6.07) is 9.75. The van der Waals surface area contributed by atoms with Gasteiger partial charge in [-0.2, -0.15) is 10.3 Å². The maximum absolute atomic E-state index is 12.5. The maximum Gasteiger partial charge on any atom is 0.358 e. The number of allylic oxidation sites excluding steroid dienone is 3. The third kappa shape index (κ3) is 2.50. The minimum Gasteiger partial charge on any atom is -0.476 e. The number of carboxylic acids is 1. The molecule has 0 radical (unpaired) electrons. The lowest BCUT2D eigenvalue weighted by molar-refractivity contribution is -0.124. The van der Waals surface area contributed by atoms with Crippen LogP contribution >= 0.6 is 0 Å². The number of hydrogen-bond donors (Lipinski definition) is 3. The maximum atomic E-state index is 12.5. The van der Waals surface area contributed by atoms with Gasteiger partial charge >= 0.3 is 5.97 Å². The molecule has 7 heteroatoms. The number of benzene rings is 1. The fraction of sp³-hybridized carbons (Fsp3) is 0.176. The summed E-state index contributed by atoms with van der Waals surface area (Å²) in [7, 11) is 1.51. The van der Waals surface area contributed by atoms with E-state index < -0.39 is 11.4 Å². The molecule has 24 heavy (non-hydrogen) atoms. The highest BCUT2D eigenvalue weighted by Crippen LogP contribution is 2.36. The highest BCUT2D eigenvalue weighted by atomic mass is 16.4. The number of nitrogens with one attached hydrogen (secondary N) is 2. The molecule has 1 aromatic heterocycles. The standard InChI is InChI=1S/C17H16N4O3/c1-18-16(24)17(14-13(15(22)23)19-21-20-14)9-7-12(8-10-17)11-5-3-2-4-6-11/h2-9H,10H2,1H3,(H,18,24)(H,22,23)(H,19,20,21). The monoisotopic (exact) mass is 324 g/mol. The minimum atomic E-state index is -1.23. The van der Waals surface area contributed by atoms with Crippen LogP contribution in [0.1, 0.15) is 28.2 Å². The average molecular weight is 324 g/mol. The number of carboxylic acid groups (broad SMARTS) is 1. The van der Waals surface area contributed by atoms with Crippen molar-refractivity contribution >= 4 is 17.4 Å². The Labute approximate surface area is 138 Å². The summed E-state index contributed by atoms with van der Waals surface area (Å²) < 4.78 is 0. The molecule has 0 aliphatic heterocycles. The molecule has 7 nitrogen and oxygen atoms in total. The van der Waals surface area contributed by atoms with Crippen LogP contribution < -0.4 is 5.32 Å². The van der Waals surface area contributed by atoms with E-state index in [4.69, 9.17) is 0 Å². The molecular formula is C17H16N4O3. The van der Waals surface area contributed by atoms with Gasteiger partial charge in [0.15, 0.2) is 5.69 Å². The third-order valence-electron chi connectivity index (χ3n) is 4.10. The van der Waals surface area contributed by atoms with Gasteiger partial charge in [-0.1, -0.05) is 48.6 Å². The van der Waals surface area contributed by atoms with Crippen molar-refractivity contribution in [3.05, 3.63) is 65.5 Å². The van der Waals surface area contributed by atoms with Crippen LogP contribution in [0, 0.1) is 0 Å². The Morgan fingerprint density at radius 2 is 2.00 bits per heavy atom. The molecule has 1 aliphatic rings. The molecule has 122 valence electrons. The lowest BCUT2D eigenvalue weighted by atomic mass is 9.75. The van der Waals surface area contributed by atoms with Crippen molar-refractivity contribution in [3.63, 3.8) is 0 Å². The summed E-state index contributed by atoms with van der Waals surface area (Å²) in [6.45, 7) is 0. The van der Waals surface area contributed by atoms with Crippen molar-refractivity contribution in [1.29, 1.82) is 0 Å². The van der Waals surface area contributed by atoms with E-state index in [9.17, 15) is 14.7 Å². The summed E-state index contributed by atoms with van der Waals surface area (Å²) in [5.74, 6) is -1.56. The number of aromatic carboxylic acids is 1. The van der Waals surface area contributed by atoms with E-state index in [0.717, 1.165) is 11.1 Å². The van der Waals surface area contributed by atoms with Gasteiger partial charge in [-0.15, -0.1) is 5.10 Å². The van der Waals surface area contributed by atoms with Crippen LogP contribution in [0.5, 0.6) is 0 Å². The molecule has 0 spiro atoms. The zero-order valence-corrected chi connectivity index (χ0v) is 13.0. The first-order valence-electron chi connectivity index (χ1n) is 7.40. The number of carbonyl (C=O) groups is 2. The van der Waals surface area contributed by atoms with Crippen LogP contribution in [0.15, 0.2) is 48.6 Å². The molecule has 0 fully saturated rings. The molecule has 1 atom stereocenters. The van der Waals surface area contributed by atoms with Gasteiger partial charge in [0.25, 0.3) is 0 Å². The zero-order chi connectivity index (χ0) is 17.2. The number of aromatic amines is 1. The molecule has 3 N–H and O–H groups in total. The molecule has 1 heterocycles. The Balaban J connectivity index is 2.04. The van der Waals surface area contributed by atoms with Gasteiger partial charge < -0.3 is 10.4 Å². The van der Waals surface area contributed by atoms with E-state index in [1.165, 1.54) is 7.05 Å². The largest absolute Gasteiger partial charge is 0.476 e. The quantitative estimate of drug-likeness (QED) is 0.790. The second-order valence-corrected chi connectivity index (χ2v) is 5.44. The highest BCUT2D eigenvalue weighted by molar-refractivity contribution is 5.96. The molecule has 1 aromatic carbocycles. The Hall–Kier alpha value is -3.22. The molecule has 1 amide bonds. The fourth-order valence-corrected chi connectivity index (χ4v) is 2.85. The van der Waals surface area contributed by atoms with Gasteiger partial charge in [-0.05, 0) is 17.6 Å². The van der Waals surface area contributed by atoms with Gasteiger partial charge in [0.2, 0.25) is 5.91 Å². The molecular weight excluding hydrogens is 308 g/mol. The SMILES string of the molecule is CNC(=O)C1(c2n[nH]nc2C(=O)O)C=CC(c2ccccc2)=CC1. The molecule has 2 aromatic rings. The van der Waals surface area contributed by atoms with Crippen molar-refractivity contribution in [2.45, 2.75) is 11.8 Å². The Morgan fingerprint density at radius 3 is 2.58 bits per heavy atom. The number of likely N-dealkylation sites (N-methyl/N-ethyl adjacent to an activating group) is 1. The van der Waals surface area contributed by atoms with Crippen LogP contribution in [0.25, 0.3) is 5.57 Å². The minimum absolute atomic E-state index is 0.106. The summed E-state index contributed by atoms with van der Waals surface area (Å²) in [4.78, 5) is 23.9. The normalized spacial score (nSPS) is 19.6. The van der Waals surface area contributed by atoms with Crippen LogP contribution in [-0.4, -0.2) is 39.4 Å².